The lowest BCUT2D eigenvalue weighted by Crippen LogP contribution is -2.45. The Labute approximate surface area is 113 Å². The van der Waals surface area contributed by atoms with E-state index >= 15 is 0 Å². The maximum atomic E-state index is 12.0. The molecule has 0 bridgehead atoms. The molecule has 5 nitrogen and oxygen atoms in total. The highest BCUT2D eigenvalue weighted by atomic mass is 79.9. The molecule has 0 atom stereocenters. The molecule has 18 heavy (non-hydrogen) atoms. The second-order valence-electron chi connectivity index (χ2n) is 4.65. The van der Waals surface area contributed by atoms with Crippen LogP contribution in [0.2, 0.25) is 0 Å². The molecule has 1 amide bonds. The predicted octanol–water partition coefficient (Wildman–Crippen LogP) is 2.01. The number of hydrogen-bond acceptors (Lipinski definition) is 3. The number of rotatable bonds is 4. The van der Waals surface area contributed by atoms with Crippen molar-refractivity contribution in [2.75, 3.05) is 5.73 Å². The zero-order valence-corrected chi connectivity index (χ0v) is 11.7. The zero-order valence-electron chi connectivity index (χ0n) is 10.2. The van der Waals surface area contributed by atoms with Crippen molar-refractivity contribution in [3.8, 4) is 0 Å². The average molecular weight is 315 g/mol. The number of carboxylic acid groups (broad SMARTS) is 1. The van der Waals surface area contributed by atoms with Gasteiger partial charge in [-0.2, -0.15) is 0 Å². The summed E-state index contributed by atoms with van der Waals surface area (Å²) in [5.74, 6) is -1.33. The molecule has 1 aromatic carbocycles. The molecule has 0 fully saturated rings. The monoisotopic (exact) mass is 314 g/mol. The third-order valence-corrected chi connectivity index (χ3v) is 2.97. The number of nitrogens with one attached hydrogen (secondary N) is 1. The molecule has 0 heterocycles. The summed E-state index contributed by atoms with van der Waals surface area (Å²) in [6, 6.07) is 4.88. The molecule has 0 radical (unpaired) electrons. The summed E-state index contributed by atoms with van der Waals surface area (Å²) in [6.45, 7) is 3.30. The molecule has 6 heteroatoms. The van der Waals surface area contributed by atoms with Crippen LogP contribution in [0.5, 0.6) is 0 Å². The van der Waals surface area contributed by atoms with Gasteiger partial charge in [-0.15, -0.1) is 0 Å². The molecule has 1 rings (SSSR count). The van der Waals surface area contributed by atoms with Crippen molar-refractivity contribution >= 4 is 33.5 Å². The van der Waals surface area contributed by atoms with Crippen LogP contribution in [0.1, 0.15) is 30.6 Å². The standard InChI is InChI=1S/C12H15BrN2O3/c1-12(2,6-10(16)17)15-11(18)8-5-7(14)3-4-9(8)13/h3-5H,6,14H2,1-2H3,(H,15,18)(H,16,17). The van der Waals surface area contributed by atoms with Gasteiger partial charge in [-0.1, -0.05) is 0 Å². The highest BCUT2D eigenvalue weighted by molar-refractivity contribution is 9.10. The van der Waals surface area contributed by atoms with Crippen LogP contribution in [0.25, 0.3) is 0 Å². The Hall–Kier alpha value is -1.56. The van der Waals surface area contributed by atoms with E-state index in [0.717, 1.165) is 0 Å². The fourth-order valence-electron chi connectivity index (χ4n) is 1.51. The van der Waals surface area contributed by atoms with Gasteiger partial charge >= 0.3 is 5.97 Å². The second kappa shape index (κ2) is 5.39. The molecular weight excluding hydrogens is 300 g/mol. The quantitative estimate of drug-likeness (QED) is 0.741. The van der Waals surface area contributed by atoms with Gasteiger partial charge in [-0.3, -0.25) is 9.59 Å². The zero-order chi connectivity index (χ0) is 13.9. The smallest absolute Gasteiger partial charge is 0.305 e. The molecule has 0 spiro atoms. The third-order valence-electron chi connectivity index (χ3n) is 2.28. The number of nitrogens with two attached hydrogens (primary N) is 1. The van der Waals surface area contributed by atoms with Crippen molar-refractivity contribution < 1.29 is 14.7 Å². The molecule has 0 aliphatic rings. The number of benzene rings is 1. The van der Waals surface area contributed by atoms with Crippen molar-refractivity contribution in [2.24, 2.45) is 0 Å². The predicted molar refractivity (Wildman–Crippen MR) is 72.4 cm³/mol. The van der Waals surface area contributed by atoms with Crippen molar-refractivity contribution in [3.63, 3.8) is 0 Å². The summed E-state index contributed by atoms with van der Waals surface area (Å²) in [7, 11) is 0. The second-order valence-corrected chi connectivity index (χ2v) is 5.50. The fourth-order valence-corrected chi connectivity index (χ4v) is 1.94. The topological polar surface area (TPSA) is 92.4 Å². The van der Waals surface area contributed by atoms with Crippen LogP contribution in [0.15, 0.2) is 22.7 Å². The Bertz CT molecular complexity index is 486. The summed E-state index contributed by atoms with van der Waals surface area (Å²) in [5.41, 5.74) is 5.64. The molecule has 0 aliphatic heterocycles. The van der Waals surface area contributed by atoms with E-state index in [0.29, 0.717) is 15.7 Å². The van der Waals surface area contributed by atoms with E-state index in [1.165, 1.54) is 6.07 Å². The Morgan fingerprint density at radius 3 is 2.61 bits per heavy atom. The van der Waals surface area contributed by atoms with Crippen LogP contribution in [-0.2, 0) is 4.79 Å². The van der Waals surface area contributed by atoms with Crippen LogP contribution in [0.3, 0.4) is 0 Å². The van der Waals surface area contributed by atoms with E-state index in [2.05, 4.69) is 21.2 Å². The number of nitrogen functional groups attached to an aromatic ring is 1. The highest BCUT2D eigenvalue weighted by Gasteiger charge is 2.25. The molecule has 1 aromatic rings. The number of carbonyl (C=O) groups is 2. The van der Waals surface area contributed by atoms with Gasteiger partial charge in [0.25, 0.3) is 5.91 Å². The minimum absolute atomic E-state index is 0.154. The summed E-state index contributed by atoms with van der Waals surface area (Å²) in [6.07, 6.45) is -0.154. The Kier molecular flexibility index (Phi) is 4.34. The SMILES string of the molecule is CC(C)(CC(=O)O)NC(=O)c1cc(N)ccc1Br. The van der Waals surface area contributed by atoms with E-state index in [-0.39, 0.29) is 12.3 Å². The number of aliphatic carboxylic acids is 1. The van der Waals surface area contributed by atoms with E-state index in [9.17, 15) is 9.59 Å². The minimum atomic E-state index is -0.966. The minimum Gasteiger partial charge on any atom is -0.481 e. The summed E-state index contributed by atoms with van der Waals surface area (Å²) in [4.78, 5) is 22.7. The van der Waals surface area contributed by atoms with Gasteiger partial charge < -0.3 is 16.2 Å². The average Bonchev–Trinajstić information content (AvgIpc) is 2.18. The lowest BCUT2D eigenvalue weighted by molar-refractivity contribution is -0.138. The summed E-state index contributed by atoms with van der Waals surface area (Å²) in [5, 5.41) is 11.4. The molecule has 0 unspecified atom stereocenters. The Morgan fingerprint density at radius 2 is 2.06 bits per heavy atom. The molecule has 0 aromatic heterocycles. The fraction of sp³-hybridized carbons (Fsp3) is 0.333. The molecule has 0 aliphatic carbocycles. The third kappa shape index (κ3) is 4.03. The first-order valence-corrected chi connectivity index (χ1v) is 6.10. The normalized spacial score (nSPS) is 11.1. The van der Waals surface area contributed by atoms with Crippen LogP contribution >= 0.6 is 15.9 Å². The van der Waals surface area contributed by atoms with Crippen molar-refractivity contribution in [1.29, 1.82) is 0 Å². The maximum Gasteiger partial charge on any atom is 0.305 e. The Morgan fingerprint density at radius 1 is 1.44 bits per heavy atom. The number of hydrogen-bond donors (Lipinski definition) is 3. The van der Waals surface area contributed by atoms with E-state index in [1.807, 2.05) is 0 Å². The summed E-state index contributed by atoms with van der Waals surface area (Å²) >= 11 is 3.26. The molecule has 4 N–H and O–H groups in total. The van der Waals surface area contributed by atoms with Gasteiger partial charge in [0.2, 0.25) is 0 Å². The molecule has 98 valence electrons. The van der Waals surface area contributed by atoms with Gasteiger partial charge in [0.15, 0.2) is 0 Å². The van der Waals surface area contributed by atoms with Gasteiger partial charge in [0.1, 0.15) is 0 Å². The highest BCUT2D eigenvalue weighted by Crippen LogP contribution is 2.20. The molecule has 0 saturated carbocycles. The number of carboxylic acids is 1. The van der Waals surface area contributed by atoms with E-state index in [4.69, 9.17) is 10.8 Å². The molecule has 0 saturated heterocycles. The maximum absolute atomic E-state index is 12.0. The van der Waals surface area contributed by atoms with Crippen LogP contribution in [0.4, 0.5) is 5.69 Å². The first kappa shape index (κ1) is 14.5. The lowest BCUT2D eigenvalue weighted by Gasteiger charge is -2.24. The number of carbonyl (C=O) groups excluding carboxylic acids is 1. The Balaban J connectivity index is 2.88. The number of halogens is 1. The van der Waals surface area contributed by atoms with E-state index in [1.54, 1.807) is 26.0 Å². The van der Waals surface area contributed by atoms with Crippen LogP contribution in [-0.4, -0.2) is 22.5 Å². The van der Waals surface area contributed by atoms with Gasteiger partial charge in [-0.05, 0) is 48.0 Å². The van der Waals surface area contributed by atoms with Crippen molar-refractivity contribution in [1.82, 2.24) is 5.32 Å². The number of anilines is 1. The summed E-state index contributed by atoms with van der Waals surface area (Å²) < 4.78 is 0.611. The van der Waals surface area contributed by atoms with Gasteiger partial charge in [-0.25, -0.2) is 0 Å². The first-order chi connectivity index (χ1) is 8.21. The van der Waals surface area contributed by atoms with Crippen LogP contribution < -0.4 is 11.1 Å². The molecular formula is C12H15BrN2O3. The van der Waals surface area contributed by atoms with Gasteiger partial charge in [0.05, 0.1) is 12.0 Å². The van der Waals surface area contributed by atoms with Gasteiger partial charge in [0, 0.05) is 15.7 Å². The first-order valence-electron chi connectivity index (χ1n) is 5.30. The largest absolute Gasteiger partial charge is 0.481 e. The van der Waals surface area contributed by atoms with E-state index < -0.39 is 11.5 Å². The lowest BCUT2D eigenvalue weighted by atomic mass is 10.00. The van der Waals surface area contributed by atoms with Crippen LogP contribution in [0, 0.1) is 0 Å². The van der Waals surface area contributed by atoms with Crippen molar-refractivity contribution in [3.05, 3.63) is 28.2 Å². The van der Waals surface area contributed by atoms with Crippen molar-refractivity contribution in [2.45, 2.75) is 25.8 Å². The number of amides is 1.